The van der Waals surface area contributed by atoms with E-state index in [1.165, 1.54) is 0 Å². The topological polar surface area (TPSA) is 94.1 Å². The van der Waals surface area contributed by atoms with Crippen LogP contribution in [0.25, 0.3) is 0 Å². The van der Waals surface area contributed by atoms with Gasteiger partial charge in [-0.25, -0.2) is 10.3 Å². The zero-order valence-electron chi connectivity index (χ0n) is 10.2. The molecule has 1 aliphatic heterocycles. The Balaban J connectivity index is 1.98. The van der Waals surface area contributed by atoms with Crippen LogP contribution in [-0.2, 0) is 14.4 Å². The molecule has 1 aromatic carbocycles. The molecule has 7 nitrogen and oxygen atoms in total. The van der Waals surface area contributed by atoms with Crippen molar-refractivity contribution >= 4 is 11.9 Å². The van der Waals surface area contributed by atoms with Crippen LogP contribution in [0, 0.1) is 0 Å². The lowest BCUT2D eigenvalue weighted by Crippen LogP contribution is -2.49. The molecule has 1 aromatic rings. The average Bonchev–Trinajstić information content (AvgIpc) is 2.37. The van der Waals surface area contributed by atoms with Gasteiger partial charge in [-0.1, -0.05) is 12.1 Å². The number of ether oxygens (including phenoxy) is 2. The fraction of sp³-hybridized carbons (Fsp3) is 0.333. The first-order valence-corrected chi connectivity index (χ1v) is 5.63. The van der Waals surface area contributed by atoms with Gasteiger partial charge in [-0.05, 0) is 19.1 Å². The smallest absolute Gasteiger partial charge is 0.332 e. The van der Waals surface area contributed by atoms with Crippen LogP contribution >= 0.6 is 0 Å². The molecule has 1 amide bonds. The lowest BCUT2D eigenvalue weighted by Gasteiger charge is -2.30. The second-order valence-electron chi connectivity index (χ2n) is 3.96. The average molecular weight is 267 g/mol. The normalized spacial score (nSPS) is 20.7. The van der Waals surface area contributed by atoms with Crippen LogP contribution in [0.4, 0.5) is 0 Å². The van der Waals surface area contributed by atoms with Crippen LogP contribution in [0.5, 0.6) is 11.5 Å². The van der Waals surface area contributed by atoms with Crippen molar-refractivity contribution in [3.8, 4) is 11.5 Å². The summed E-state index contributed by atoms with van der Waals surface area (Å²) < 4.78 is 11.0. The van der Waals surface area contributed by atoms with Crippen LogP contribution in [0.3, 0.4) is 0 Å². The number of hydroxylamine groups is 1. The van der Waals surface area contributed by atoms with Gasteiger partial charge in [0.15, 0.2) is 18.1 Å². The molecule has 0 spiro atoms. The van der Waals surface area contributed by atoms with E-state index in [2.05, 4.69) is 4.84 Å². The van der Waals surface area contributed by atoms with Gasteiger partial charge in [-0.3, -0.25) is 9.63 Å². The largest absolute Gasteiger partial charge is 0.482 e. The Morgan fingerprint density at radius 1 is 1.32 bits per heavy atom. The molecule has 0 aliphatic carbocycles. The lowest BCUT2D eigenvalue weighted by atomic mass is 10.1. The monoisotopic (exact) mass is 267 g/mol. The highest BCUT2D eigenvalue weighted by Gasteiger charge is 2.34. The summed E-state index contributed by atoms with van der Waals surface area (Å²) in [6.45, 7) is 1.06. The van der Waals surface area contributed by atoms with E-state index in [1.807, 2.05) is 5.48 Å². The Morgan fingerprint density at radius 2 is 1.95 bits per heavy atom. The van der Waals surface area contributed by atoms with Crippen LogP contribution in [0.15, 0.2) is 24.3 Å². The third-order valence-electron chi connectivity index (χ3n) is 2.47. The minimum absolute atomic E-state index is 0.457. The minimum Gasteiger partial charge on any atom is -0.482 e. The van der Waals surface area contributed by atoms with Gasteiger partial charge in [0.05, 0.1) is 0 Å². The summed E-state index contributed by atoms with van der Waals surface area (Å²) in [7, 11) is 0. The summed E-state index contributed by atoms with van der Waals surface area (Å²) in [5, 5.41) is 8.39. The van der Waals surface area contributed by atoms with Gasteiger partial charge in [0.25, 0.3) is 5.91 Å². The highest BCUT2D eigenvalue weighted by Crippen LogP contribution is 2.33. The van der Waals surface area contributed by atoms with Gasteiger partial charge < -0.3 is 14.6 Å². The second kappa shape index (κ2) is 5.57. The van der Waals surface area contributed by atoms with Crippen LogP contribution in [0.1, 0.15) is 6.92 Å². The molecule has 7 heteroatoms. The molecule has 1 aliphatic rings. The summed E-state index contributed by atoms with van der Waals surface area (Å²) in [6, 6.07) is 6.97. The maximum absolute atomic E-state index is 11.8. The Hall–Kier alpha value is -2.28. The van der Waals surface area contributed by atoms with Crippen LogP contribution < -0.4 is 15.0 Å². The summed E-state index contributed by atoms with van der Waals surface area (Å²) in [4.78, 5) is 26.5. The number of fused-ring (bicyclic) bond motifs is 1. The number of hydrogen-bond acceptors (Lipinski definition) is 5. The Morgan fingerprint density at radius 3 is 2.58 bits per heavy atom. The van der Waals surface area contributed by atoms with Gasteiger partial charge in [0.1, 0.15) is 6.10 Å². The SMILES string of the molecule is CC1Oc2ccccc2OC1C(=O)NOCC(=O)O. The first-order chi connectivity index (χ1) is 9.08. The molecule has 0 bridgehead atoms. The number of carbonyl (C=O) groups is 2. The number of para-hydroxylation sites is 2. The molecule has 0 fully saturated rings. The minimum atomic E-state index is -1.18. The van der Waals surface area contributed by atoms with Crippen LogP contribution in [0.2, 0.25) is 0 Å². The molecule has 2 rings (SSSR count). The number of aliphatic carboxylic acids is 1. The van der Waals surface area contributed by atoms with Crippen molar-refractivity contribution in [2.75, 3.05) is 6.61 Å². The Kier molecular flexibility index (Phi) is 3.86. The molecule has 2 N–H and O–H groups in total. The van der Waals surface area contributed by atoms with E-state index in [9.17, 15) is 9.59 Å². The molecule has 0 aromatic heterocycles. The number of carbonyl (C=O) groups excluding carboxylic acids is 1. The molecule has 2 unspecified atom stereocenters. The van der Waals surface area contributed by atoms with Crippen LogP contribution in [-0.4, -0.2) is 35.8 Å². The molecule has 0 saturated carbocycles. The van der Waals surface area contributed by atoms with E-state index in [0.717, 1.165) is 0 Å². The number of carboxylic acids is 1. The van der Waals surface area contributed by atoms with Crippen molar-refractivity contribution in [2.24, 2.45) is 0 Å². The standard InChI is InChI=1S/C12H13NO6/c1-7-11(12(16)13-17-6-10(14)15)19-9-5-3-2-4-8(9)18-7/h2-5,7,11H,6H2,1H3,(H,13,16)(H,14,15). The fourth-order valence-corrected chi connectivity index (χ4v) is 1.63. The quantitative estimate of drug-likeness (QED) is 0.764. The molecular formula is C12H13NO6. The zero-order chi connectivity index (χ0) is 13.8. The third-order valence-corrected chi connectivity index (χ3v) is 2.47. The van der Waals surface area contributed by atoms with Crippen molar-refractivity contribution in [3.63, 3.8) is 0 Å². The van der Waals surface area contributed by atoms with E-state index in [0.29, 0.717) is 11.5 Å². The zero-order valence-corrected chi connectivity index (χ0v) is 10.2. The van der Waals surface area contributed by atoms with Gasteiger partial charge in [-0.15, -0.1) is 0 Å². The maximum Gasteiger partial charge on any atom is 0.332 e. The Bertz CT molecular complexity index is 489. The first kappa shape index (κ1) is 13.2. The van der Waals surface area contributed by atoms with Crippen molar-refractivity contribution in [2.45, 2.75) is 19.1 Å². The van der Waals surface area contributed by atoms with E-state index in [4.69, 9.17) is 14.6 Å². The maximum atomic E-state index is 11.8. The lowest BCUT2D eigenvalue weighted by molar-refractivity contribution is -0.154. The predicted molar refractivity (Wildman–Crippen MR) is 62.7 cm³/mol. The molecular weight excluding hydrogens is 254 g/mol. The summed E-state index contributed by atoms with van der Waals surface area (Å²) in [5.74, 6) is -0.757. The van der Waals surface area contributed by atoms with Gasteiger partial charge in [0.2, 0.25) is 6.10 Å². The van der Waals surface area contributed by atoms with Crippen molar-refractivity contribution in [1.82, 2.24) is 5.48 Å². The van der Waals surface area contributed by atoms with E-state index < -0.39 is 30.7 Å². The second-order valence-corrected chi connectivity index (χ2v) is 3.96. The Labute approximate surface area is 109 Å². The summed E-state index contributed by atoms with van der Waals surface area (Å²) in [6.07, 6.45) is -1.41. The molecule has 1 heterocycles. The van der Waals surface area contributed by atoms with E-state index in [-0.39, 0.29) is 0 Å². The highest BCUT2D eigenvalue weighted by molar-refractivity contribution is 5.81. The van der Waals surface area contributed by atoms with Gasteiger partial charge >= 0.3 is 5.97 Å². The number of carboxylic acid groups (broad SMARTS) is 1. The molecule has 19 heavy (non-hydrogen) atoms. The number of rotatable bonds is 4. The molecule has 102 valence electrons. The van der Waals surface area contributed by atoms with Crippen molar-refractivity contribution in [3.05, 3.63) is 24.3 Å². The molecule has 0 radical (unpaired) electrons. The summed E-state index contributed by atoms with van der Waals surface area (Å²) >= 11 is 0. The number of amides is 1. The third kappa shape index (κ3) is 3.14. The number of benzene rings is 1. The van der Waals surface area contributed by atoms with Gasteiger partial charge in [0, 0.05) is 0 Å². The van der Waals surface area contributed by atoms with E-state index in [1.54, 1.807) is 31.2 Å². The molecule has 2 atom stereocenters. The van der Waals surface area contributed by atoms with Gasteiger partial charge in [-0.2, -0.15) is 0 Å². The first-order valence-electron chi connectivity index (χ1n) is 5.63. The van der Waals surface area contributed by atoms with E-state index >= 15 is 0 Å². The number of nitrogens with one attached hydrogen (secondary N) is 1. The fourth-order valence-electron chi connectivity index (χ4n) is 1.63. The highest BCUT2D eigenvalue weighted by atomic mass is 16.7. The van der Waals surface area contributed by atoms with Crippen molar-refractivity contribution in [1.29, 1.82) is 0 Å². The number of hydrogen-bond donors (Lipinski definition) is 2. The summed E-state index contributed by atoms with van der Waals surface area (Å²) in [5.41, 5.74) is 2.02. The van der Waals surface area contributed by atoms with Crippen molar-refractivity contribution < 1.29 is 29.0 Å². The molecule has 0 saturated heterocycles. The predicted octanol–water partition coefficient (Wildman–Crippen LogP) is 0.347.